The number of carbonyl (C=O) groups is 2. The van der Waals surface area contributed by atoms with E-state index in [1.54, 1.807) is 42.7 Å². The number of terminal acetylenes is 1. The van der Waals surface area contributed by atoms with Crippen molar-refractivity contribution in [2.24, 2.45) is 0 Å². The number of ether oxygens (including phenoxy) is 4. The fraction of sp³-hybridized carbons (Fsp3) is 0.462. The van der Waals surface area contributed by atoms with E-state index in [9.17, 15) is 9.59 Å². The molecule has 2 saturated heterocycles. The predicted octanol–water partition coefficient (Wildman–Crippen LogP) is 14.8. The van der Waals surface area contributed by atoms with Gasteiger partial charge in [0, 0.05) is 72.8 Å². The fourth-order valence-electron chi connectivity index (χ4n) is 6.57. The van der Waals surface area contributed by atoms with Gasteiger partial charge >= 0.3 is 12.2 Å². The Morgan fingerprint density at radius 3 is 1.39 bits per heavy atom. The van der Waals surface area contributed by atoms with Gasteiger partial charge in [0.2, 0.25) is 0 Å². The van der Waals surface area contributed by atoms with Crippen LogP contribution in [-0.4, -0.2) is 87.8 Å². The van der Waals surface area contributed by atoms with Gasteiger partial charge in [-0.05, 0) is 104 Å². The van der Waals surface area contributed by atoms with Gasteiger partial charge in [-0.15, -0.1) is 17.5 Å². The van der Waals surface area contributed by atoms with Gasteiger partial charge in [-0.25, -0.2) is 19.6 Å². The number of anilines is 2. The van der Waals surface area contributed by atoms with Crippen molar-refractivity contribution in [1.82, 2.24) is 20.6 Å². The highest BCUT2D eigenvalue weighted by atomic mass is 79.9. The van der Waals surface area contributed by atoms with E-state index in [4.69, 9.17) is 71.8 Å². The minimum atomic E-state index is -1.48. The van der Waals surface area contributed by atoms with Crippen molar-refractivity contribution in [3.05, 3.63) is 91.1 Å². The zero-order chi connectivity index (χ0) is 52.9. The third-order valence-electron chi connectivity index (χ3n) is 9.98. The molecule has 2 amide bonds. The van der Waals surface area contributed by atoms with Crippen LogP contribution >= 0.6 is 62.3 Å². The number of halogens is 5. The van der Waals surface area contributed by atoms with Crippen molar-refractivity contribution in [3.8, 4) is 46.4 Å². The van der Waals surface area contributed by atoms with Crippen molar-refractivity contribution in [1.29, 1.82) is 0 Å². The second-order valence-electron chi connectivity index (χ2n) is 21.0. The molecule has 2 aromatic heterocycles. The summed E-state index contributed by atoms with van der Waals surface area (Å²) in [6, 6.07) is 14.4. The molecule has 0 bridgehead atoms. The molecule has 4 aromatic rings. The predicted molar refractivity (Wildman–Crippen MR) is 301 cm³/mol. The summed E-state index contributed by atoms with van der Waals surface area (Å²) in [5.74, 6) is 6.48. The van der Waals surface area contributed by atoms with Gasteiger partial charge < -0.3 is 39.4 Å². The molecule has 2 N–H and O–H groups in total. The average Bonchev–Trinajstić information content (AvgIpc) is 3.25. The molecule has 4 heterocycles. The molecule has 0 spiro atoms. The smallest absolute Gasteiger partial charge is 0.407 e. The highest BCUT2D eigenvalue weighted by Crippen LogP contribution is 2.40. The molecule has 2 fully saturated rings. The number of carbonyl (C=O) groups excluding carboxylic acids is 2. The Labute approximate surface area is 451 Å². The Balaban J connectivity index is 0.000000279. The van der Waals surface area contributed by atoms with Gasteiger partial charge in [0.05, 0.1) is 10.0 Å². The van der Waals surface area contributed by atoms with E-state index in [-0.39, 0.29) is 18.2 Å². The summed E-state index contributed by atoms with van der Waals surface area (Å²) in [6.07, 6.45) is 10.7. The number of pyridine rings is 2. The maximum absolute atomic E-state index is 12.1. The van der Waals surface area contributed by atoms with Gasteiger partial charge in [0.1, 0.15) is 48.9 Å². The lowest BCUT2D eigenvalue weighted by atomic mass is 10.1. The minimum Gasteiger partial charge on any atom is -0.454 e. The minimum absolute atomic E-state index is 0.0423. The molecule has 0 atom stereocenters. The standard InChI is InChI=1S/C26H33Cl2N3O3Si.C21H24BrCl2N3O3.C5H10Si/c1-26(2,3)34-25(32)30-19-10-14-31(15-11-19)24-23(28)22(9-13-29-24)33-21-8-7-18(17-20(21)27)12-16-35(4,5)6;1-21(2,3)30-20(28)26-14-7-10-27(11-8-14)19-18(24)17(6-9-25-19)29-16-5-4-13(22)12-15(16)23;1-5-6(2,3)4/h7-9,13,17,19H,10-11,14-15H2,1-6H3,(H,30,32);4-6,9,12,14H,7-8,10-11H2,1-3H3,(H,26,28);1H,2-4H3. The summed E-state index contributed by atoms with van der Waals surface area (Å²) in [7, 11) is -2.58. The molecule has 0 saturated carbocycles. The van der Waals surface area contributed by atoms with E-state index in [0.717, 1.165) is 35.7 Å². The molecular formula is C52H67BrCl4N6O6Si2. The van der Waals surface area contributed by atoms with Crippen LogP contribution in [-0.2, 0) is 9.47 Å². The second-order valence-corrected chi connectivity index (χ2v) is 33.1. The number of benzene rings is 2. The molecule has 71 heavy (non-hydrogen) atoms. The lowest BCUT2D eigenvalue weighted by Crippen LogP contribution is -2.46. The van der Waals surface area contributed by atoms with Crippen molar-refractivity contribution in [2.75, 3.05) is 36.0 Å². The van der Waals surface area contributed by atoms with Crippen molar-refractivity contribution >= 4 is 102 Å². The monoisotopic (exact) mass is 1150 g/mol. The molecule has 19 heteroatoms. The number of piperidine rings is 2. The first-order valence-corrected chi connectivity index (χ1v) is 32.7. The van der Waals surface area contributed by atoms with Gasteiger partial charge in [0.25, 0.3) is 0 Å². The summed E-state index contributed by atoms with van der Waals surface area (Å²) in [5.41, 5.74) is 5.90. The second kappa shape index (κ2) is 26.1. The van der Waals surface area contributed by atoms with Crippen molar-refractivity contribution < 1.29 is 28.5 Å². The van der Waals surface area contributed by atoms with Crippen LogP contribution in [0.25, 0.3) is 0 Å². The Morgan fingerprint density at radius 2 is 1.04 bits per heavy atom. The molecule has 384 valence electrons. The van der Waals surface area contributed by atoms with Gasteiger partial charge in [-0.1, -0.05) is 108 Å². The zero-order valence-electron chi connectivity index (χ0n) is 42.8. The summed E-state index contributed by atoms with van der Waals surface area (Å²) < 4.78 is 23.5. The molecule has 0 unspecified atom stereocenters. The average molecular weight is 1150 g/mol. The van der Waals surface area contributed by atoms with Gasteiger partial charge in [0.15, 0.2) is 23.1 Å². The van der Waals surface area contributed by atoms with Crippen LogP contribution in [0.1, 0.15) is 72.8 Å². The Hall–Kier alpha value is -4.33. The van der Waals surface area contributed by atoms with E-state index in [1.165, 1.54) is 0 Å². The Bertz CT molecular complexity index is 2570. The SMILES string of the molecule is C#C[Si](C)(C)C.CC(C)(C)OC(=O)NC1CCN(c2nccc(Oc3ccc(Br)cc3Cl)c2Cl)CC1.CC(C)(C)OC(=O)NC1CCN(c2nccc(Oc3ccc(C#C[Si](C)(C)C)cc3Cl)c2Cl)CC1. The van der Waals surface area contributed by atoms with Crippen molar-refractivity contribution in [2.45, 2.75) is 130 Å². The lowest BCUT2D eigenvalue weighted by molar-refractivity contribution is 0.0485. The third kappa shape index (κ3) is 21.0. The molecule has 0 aliphatic carbocycles. The summed E-state index contributed by atoms with van der Waals surface area (Å²) in [6.45, 7) is 26.9. The molecule has 0 radical (unpaired) electrons. The van der Waals surface area contributed by atoms with Gasteiger partial charge in [-0.3, -0.25) is 0 Å². The Kier molecular flexibility index (Phi) is 21.7. The van der Waals surface area contributed by atoms with E-state index >= 15 is 0 Å². The normalized spacial score (nSPS) is 14.5. The molecule has 2 aromatic carbocycles. The number of nitrogens with zero attached hydrogens (tertiary/aromatic N) is 4. The quantitative estimate of drug-likeness (QED) is 0.130. The molecule has 12 nitrogen and oxygen atoms in total. The van der Waals surface area contributed by atoms with Crippen molar-refractivity contribution in [3.63, 3.8) is 0 Å². The zero-order valence-corrected chi connectivity index (χ0v) is 49.4. The molecule has 6 rings (SSSR count). The van der Waals surface area contributed by atoms with Gasteiger partial charge in [-0.2, -0.15) is 0 Å². The fourth-order valence-corrected chi connectivity index (χ4v) is 8.56. The van der Waals surface area contributed by atoms with E-state index in [0.29, 0.717) is 80.9 Å². The summed E-state index contributed by atoms with van der Waals surface area (Å²) >= 11 is 29.4. The highest BCUT2D eigenvalue weighted by molar-refractivity contribution is 9.10. The van der Waals surface area contributed by atoms with Crippen LogP contribution in [0, 0.1) is 23.4 Å². The maximum Gasteiger partial charge on any atom is 0.407 e. The Morgan fingerprint density at radius 1 is 0.648 bits per heavy atom. The van der Waals surface area contributed by atoms with Crippen LogP contribution in [0.5, 0.6) is 23.0 Å². The third-order valence-corrected chi connectivity index (χ3v) is 13.5. The van der Waals surface area contributed by atoms with E-state index in [1.807, 2.05) is 59.7 Å². The topological polar surface area (TPSA) is 127 Å². The van der Waals surface area contributed by atoms with Crippen LogP contribution in [0.4, 0.5) is 21.2 Å². The van der Waals surface area contributed by atoms with Crippen LogP contribution in [0.15, 0.2) is 65.4 Å². The number of hydrogen-bond donors (Lipinski definition) is 2. The molecule has 2 aliphatic rings. The first kappa shape index (κ1) is 59.2. The molecular weight excluding hydrogens is 1080 g/mol. The van der Waals surface area contributed by atoms with E-state index in [2.05, 4.69) is 103 Å². The largest absolute Gasteiger partial charge is 0.454 e. The highest BCUT2D eigenvalue weighted by Gasteiger charge is 2.28. The summed E-state index contributed by atoms with van der Waals surface area (Å²) in [4.78, 5) is 37.2. The first-order valence-electron chi connectivity index (χ1n) is 23.4. The number of aromatic nitrogens is 2. The summed E-state index contributed by atoms with van der Waals surface area (Å²) in [5, 5.41) is 7.67. The first-order chi connectivity index (χ1) is 33.0. The van der Waals surface area contributed by atoms with E-state index < -0.39 is 33.4 Å². The number of hydrogen-bond acceptors (Lipinski definition) is 10. The van der Waals surface area contributed by atoms with Crippen LogP contribution in [0.3, 0.4) is 0 Å². The maximum atomic E-state index is 12.1. The lowest BCUT2D eigenvalue weighted by Gasteiger charge is -2.34. The number of rotatable bonds is 8. The van der Waals surface area contributed by atoms with Crippen LogP contribution in [0.2, 0.25) is 59.4 Å². The number of nitrogens with one attached hydrogen (secondary N) is 2. The number of alkyl carbamates (subject to hydrolysis) is 2. The van der Waals surface area contributed by atoms with Crippen LogP contribution < -0.4 is 29.9 Å². The molecule has 2 aliphatic heterocycles. The number of amides is 2.